The molecule has 0 aliphatic carbocycles. The van der Waals surface area contributed by atoms with Gasteiger partial charge >= 0.3 is 6.09 Å². The molecule has 3 aliphatic heterocycles. The second kappa shape index (κ2) is 3.64. The van der Waals surface area contributed by atoms with E-state index in [0.29, 0.717) is 6.61 Å². The smallest absolute Gasteiger partial charge is 0.404 e. The molecule has 3 rings (SSSR count). The highest BCUT2D eigenvalue weighted by molar-refractivity contribution is 5.64. The summed E-state index contributed by atoms with van der Waals surface area (Å²) in [5.74, 6) is 0. The van der Waals surface area contributed by atoms with Crippen LogP contribution in [0.4, 0.5) is 4.79 Å². The van der Waals surface area contributed by atoms with Gasteiger partial charge in [-0.2, -0.15) is 0 Å². The van der Waals surface area contributed by atoms with E-state index in [0.717, 1.165) is 11.0 Å². The first-order valence-corrected chi connectivity index (χ1v) is 5.65. The Morgan fingerprint density at radius 2 is 1.73 bits per heavy atom. The largest absolute Gasteiger partial charge is 0.444 e. The van der Waals surface area contributed by atoms with Gasteiger partial charge in [0.05, 0.1) is 7.05 Å². The molecule has 2 N–H and O–H groups in total. The number of fused-ring (bicyclic) bond motifs is 3. The van der Waals surface area contributed by atoms with Crippen LogP contribution in [0.2, 0.25) is 0 Å². The van der Waals surface area contributed by atoms with Crippen molar-refractivity contribution in [2.45, 2.75) is 0 Å². The fraction of sp³-hybridized carbons (Fsp3) is 0.900. The van der Waals surface area contributed by atoms with Crippen LogP contribution < -0.4 is 5.73 Å². The van der Waals surface area contributed by atoms with Crippen LogP contribution in [0.15, 0.2) is 0 Å². The van der Waals surface area contributed by atoms with E-state index in [1.54, 1.807) is 0 Å². The predicted molar refractivity (Wildman–Crippen MR) is 56.0 cm³/mol. The molecular formula is C10H21N3O2+2. The summed E-state index contributed by atoms with van der Waals surface area (Å²) in [5, 5.41) is 0. The molecule has 0 atom stereocenters. The quantitative estimate of drug-likeness (QED) is 0.637. The number of nitrogens with two attached hydrogens (primary N) is 1. The molecule has 0 aromatic carbocycles. The number of likely N-dealkylation sites (N-methyl/N-ethyl adjacent to an activating group) is 1. The van der Waals surface area contributed by atoms with E-state index in [1.165, 1.54) is 43.8 Å². The number of piperazine rings is 3. The summed E-state index contributed by atoms with van der Waals surface area (Å²) >= 11 is 0. The average Bonchev–Trinajstić information content (AvgIpc) is 2.20. The van der Waals surface area contributed by atoms with Gasteiger partial charge in [-0.05, 0) is 0 Å². The highest BCUT2D eigenvalue weighted by Gasteiger charge is 2.46. The third kappa shape index (κ3) is 2.23. The summed E-state index contributed by atoms with van der Waals surface area (Å²) in [4.78, 5) is 10.5. The normalized spacial score (nSPS) is 39.0. The summed E-state index contributed by atoms with van der Waals surface area (Å²) < 4.78 is 7.19. The number of hydrogen-bond acceptors (Lipinski definition) is 2. The van der Waals surface area contributed by atoms with Crippen molar-refractivity contribution in [3.63, 3.8) is 0 Å². The Kier molecular flexibility index (Phi) is 2.60. The lowest BCUT2D eigenvalue weighted by atomic mass is 10.1. The topological polar surface area (TPSA) is 52.3 Å². The van der Waals surface area contributed by atoms with Crippen molar-refractivity contribution in [1.29, 1.82) is 0 Å². The van der Waals surface area contributed by atoms with Crippen molar-refractivity contribution in [2.75, 3.05) is 59.5 Å². The van der Waals surface area contributed by atoms with Gasteiger partial charge in [-0.1, -0.05) is 0 Å². The second-order valence-corrected chi connectivity index (χ2v) is 5.19. The molecule has 2 bridgehead atoms. The van der Waals surface area contributed by atoms with Crippen LogP contribution in [0.5, 0.6) is 0 Å². The van der Waals surface area contributed by atoms with E-state index in [2.05, 4.69) is 7.05 Å². The standard InChI is InChI=1S/C10H20N3O2/c1-12-2-5-13(6-3-12,7-4-12)8-9-15-10(11)14/h2-9H2,1H3,(H-,11,14)/q+1/p+1. The number of rotatable bonds is 3. The van der Waals surface area contributed by atoms with Crippen LogP contribution in [0, 0.1) is 0 Å². The van der Waals surface area contributed by atoms with Crippen molar-refractivity contribution >= 4 is 6.09 Å². The molecule has 0 radical (unpaired) electrons. The van der Waals surface area contributed by atoms with Crippen LogP contribution >= 0.6 is 0 Å². The Morgan fingerprint density at radius 3 is 2.20 bits per heavy atom. The van der Waals surface area contributed by atoms with E-state index >= 15 is 0 Å². The molecule has 5 nitrogen and oxygen atoms in total. The second-order valence-electron chi connectivity index (χ2n) is 5.19. The maximum Gasteiger partial charge on any atom is 0.404 e. The molecule has 5 heteroatoms. The molecule has 3 fully saturated rings. The average molecular weight is 215 g/mol. The number of hydrogen-bond donors (Lipinski definition) is 1. The van der Waals surface area contributed by atoms with E-state index in [9.17, 15) is 4.79 Å². The molecule has 1 amide bonds. The van der Waals surface area contributed by atoms with Gasteiger partial charge in [0.25, 0.3) is 0 Å². The van der Waals surface area contributed by atoms with Crippen LogP contribution in [-0.2, 0) is 4.74 Å². The number of ether oxygens (including phenoxy) is 1. The number of carbonyl (C=O) groups is 1. The van der Waals surface area contributed by atoms with E-state index in [4.69, 9.17) is 10.5 Å². The third-order valence-electron chi connectivity index (χ3n) is 4.15. The fourth-order valence-electron chi connectivity index (χ4n) is 2.71. The van der Waals surface area contributed by atoms with Crippen molar-refractivity contribution in [3.05, 3.63) is 0 Å². The van der Waals surface area contributed by atoms with Crippen molar-refractivity contribution in [3.8, 4) is 0 Å². The highest BCUT2D eigenvalue weighted by Crippen LogP contribution is 2.24. The summed E-state index contributed by atoms with van der Waals surface area (Å²) in [7, 11) is 2.34. The minimum atomic E-state index is -0.650. The molecule has 15 heavy (non-hydrogen) atoms. The van der Waals surface area contributed by atoms with Gasteiger partial charge in [0.1, 0.15) is 52.4 Å². The van der Waals surface area contributed by atoms with E-state index in [-0.39, 0.29) is 0 Å². The Balaban J connectivity index is 1.84. The fourth-order valence-corrected chi connectivity index (χ4v) is 2.71. The van der Waals surface area contributed by atoms with Gasteiger partial charge < -0.3 is 19.4 Å². The lowest BCUT2D eigenvalue weighted by Gasteiger charge is -2.53. The van der Waals surface area contributed by atoms with Gasteiger partial charge in [0.15, 0.2) is 0 Å². The first-order chi connectivity index (χ1) is 7.04. The van der Waals surface area contributed by atoms with Crippen LogP contribution in [-0.4, -0.2) is 74.5 Å². The molecule has 0 spiro atoms. The van der Waals surface area contributed by atoms with Crippen LogP contribution in [0.1, 0.15) is 0 Å². The summed E-state index contributed by atoms with van der Waals surface area (Å²) in [5.41, 5.74) is 4.95. The molecular weight excluding hydrogens is 194 g/mol. The van der Waals surface area contributed by atoms with E-state index < -0.39 is 6.09 Å². The van der Waals surface area contributed by atoms with Gasteiger partial charge in [-0.3, -0.25) is 0 Å². The van der Waals surface area contributed by atoms with Gasteiger partial charge in [-0.25, -0.2) is 4.79 Å². The Hall–Kier alpha value is -0.810. The minimum absolute atomic E-state index is 0.471. The van der Waals surface area contributed by atoms with Gasteiger partial charge in [0.2, 0.25) is 0 Å². The molecule has 0 unspecified atom stereocenters. The maximum absolute atomic E-state index is 10.5. The summed E-state index contributed by atoms with van der Waals surface area (Å²) in [6, 6.07) is 0. The lowest BCUT2D eigenvalue weighted by molar-refractivity contribution is -1.07. The first kappa shape index (κ1) is 10.7. The van der Waals surface area contributed by atoms with Crippen molar-refractivity contribution < 1.29 is 18.5 Å². The number of carbonyl (C=O) groups excluding carboxylic acids is 1. The Labute approximate surface area is 90.6 Å². The SMILES string of the molecule is C[N+]12CC[N+](CCOC(N)=O)(CC1)CC2. The Bertz CT molecular complexity index is 243. The number of primary amides is 1. The van der Waals surface area contributed by atoms with Crippen molar-refractivity contribution in [1.82, 2.24) is 0 Å². The summed E-state index contributed by atoms with van der Waals surface area (Å²) in [6.07, 6.45) is -0.650. The molecule has 86 valence electrons. The Morgan fingerprint density at radius 1 is 1.20 bits per heavy atom. The summed E-state index contributed by atoms with van der Waals surface area (Å²) in [6.45, 7) is 8.85. The highest BCUT2D eigenvalue weighted by atomic mass is 16.5. The van der Waals surface area contributed by atoms with Gasteiger partial charge in [-0.15, -0.1) is 0 Å². The zero-order chi connectivity index (χ0) is 10.9. The maximum atomic E-state index is 10.5. The molecule has 3 aliphatic rings. The lowest BCUT2D eigenvalue weighted by Crippen LogP contribution is -2.74. The van der Waals surface area contributed by atoms with Gasteiger partial charge in [0, 0.05) is 0 Å². The van der Waals surface area contributed by atoms with Crippen molar-refractivity contribution in [2.24, 2.45) is 5.73 Å². The minimum Gasteiger partial charge on any atom is -0.444 e. The molecule has 0 saturated carbocycles. The number of amides is 1. The predicted octanol–water partition coefficient (Wildman–Crippen LogP) is -0.628. The monoisotopic (exact) mass is 215 g/mol. The number of quaternary nitrogens is 2. The third-order valence-corrected chi connectivity index (χ3v) is 4.15. The molecule has 3 saturated heterocycles. The van der Waals surface area contributed by atoms with Crippen LogP contribution in [0.25, 0.3) is 0 Å². The zero-order valence-corrected chi connectivity index (χ0v) is 9.45. The first-order valence-electron chi connectivity index (χ1n) is 5.65. The zero-order valence-electron chi connectivity index (χ0n) is 9.45. The van der Waals surface area contributed by atoms with Crippen LogP contribution in [0.3, 0.4) is 0 Å². The van der Waals surface area contributed by atoms with E-state index in [1.807, 2.05) is 0 Å². The molecule has 0 aromatic heterocycles. The number of nitrogens with zero attached hydrogens (tertiary/aromatic N) is 2. The molecule has 3 heterocycles. The molecule has 0 aromatic rings.